The first kappa shape index (κ1) is 15.3. The van der Waals surface area contributed by atoms with Crippen LogP contribution in [-0.4, -0.2) is 42.6 Å². The molecule has 0 radical (unpaired) electrons. The lowest BCUT2D eigenvalue weighted by atomic mass is 9.67. The molecule has 0 aromatic heterocycles. The Bertz CT molecular complexity index is 737. The molecule has 1 saturated heterocycles. The third-order valence-electron chi connectivity index (χ3n) is 3.87. The van der Waals surface area contributed by atoms with Gasteiger partial charge in [-0.2, -0.15) is 0 Å². The van der Waals surface area contributed by atoms with Gasteiger partial charge in [0.2, 0.25) is 0 Å². The number of rotatable bonds is 3. The van der Waals surface area contributed by atoms with Crippen LogP contribution in [0.2, 0.25) is 0 Å². The molecule has 2 atom stereocenters. The Morgan fingerprint density at radius 2 is 1.65 bits per heavy atom. The summed E-state index contributed by atoms with van der Waals surface area (Å²) < 4.78 is 22.4. The molecule has 3 rings (SSSR count). The van der Waals surface area contributed by atoms with Crippen LogP contribution in [0.15, 0.2) is 60.7 Å². The molecule has 0 N–H and O–H groups in total. The third kappa shape index (κ3) is 2.72. The van der Waals surface area contributed by atoms with Gasteiger partial charge in [0.05, 0.1) is 14.1 Å². The molecule has 0 unspecified atom stereocenters. The largest absolute Gasteiger partial charge is 0.619 e. The van der Waals surface area contributed by atoms with Gasteiger partial charge in [-0.25, -0.2) is 0 Å². The van der Waals surface area contributed by atoms with Crippen molar-refractivity contribution in [3.05, 3.63) is 66.2 Å². The number of carbonyl (C=O) groups excluding carboxylic acids is 1. The monoisotopic (exact) mass is 312 g/mol. The maximum absolute atomic E-state index is 15.7. The average Bonchev–Trinajstić information content (AvgIpc) is 2.80. The van der Waals surface area contributed by atoms with Gasteiger partial charge < -0.3 is 13.5 Å². The summed E-state index contributed by atoms with van der Waals surface area (Å²) in [7, 11) is 3.57. The Morgan fingerprint density at radius 1 is 1.09 bits per heavy atom. The van der Waals surface area contributed by atoms with E-state index in [9.17, 15) is 4.79 Å². The normalized spacial score (nSPS) is 25.4. The molecule has 0 bridgehead atoms. The Kier molecular flexibility index (Phi) is 3.90. The number of hydrogen-bond donors (Lipinski definition) is 0. The van der Waals surface area contributed by atoms with E-state index >= 15 is 4.32 Å². The second-order valence-corrected chi connectivity index (χ2v) is 5.84. The van der Waals surface area contributed by atoms with Gasteiger partial charge in [0.15, 0.2) is 12.4 Å². The van der Waals surface area contributed by atoms with E-state index in [1.165, 1.54) is 4.49 Å². The van der Waals surface area contributed by atoms with Crippen LogP contribution < -0.4 is 5.46 Å². The molecule has 0 aliphatic carbocycles. The van der Waals surface area contributed by atoms with E-state index < -0.39 is 18.8 Å². The van der Waals surface area contributed by atoms with Crippen LogP contribution in [0.5, 0.6) is 0 Å². The van der Waals surface area contributed by atoms with Crippen molar-refractivity contribution in [2.75, 3.05) is 14.1 Å². The van der Waals surface area contributed by atoms with Crippen LogP contribution in [-0.2, 0) is 9.45 Å². The van der Waals surface area contributed by atoms with Crippen LogP contribution in [0.4, 0.5) is 4.32 Å². The van der Waals surface area contributed by atoms with Gasteiger partial charge in [-0.3, -0.25) is 9.69 Å². The number of nitrogens with zero attached hydrogens (tertiary/aromatic N) is 2. The molecule has 4 nitrogen and oxygen atoms in total. The highest BCUT2D eigenvalue weighted by Crippen LogP contribution is 2.32. The van der Waals surface area contributed by atoms with Gasteiger partial charge in [0.1, 0.15) is 0 Å². The van der Waals surface area contributed by atoms with Crippen molar-refractivity contribution in [1.29, 1.82) is 0 Å². The fourth-order valence-electron chi connectivity index (χ4n) is 2.89. The number of carbonyl (C=O) groups is 1. The zero-order chi connectivity index (χ0) is 16.4. The second kappa shape index (κ2) is 5.87. The molecule has 0 spiro atoms. The van der Waals surface area contributed by atoms with Crippen molar-refractivity contribution >= 4 is 24.5 Å². The van der Waals surface area contributed by atoms with E-state index in [1.807, 2.05) is 18.2 Å². The van der Waals surface area contributed by atoms with E-state index in [2.05, 4.69) is 0 Å². The summed E-state index contributed by atoms with van der Waals surface area (Å²) in [4.78, 5) is 14.1. The van der Waals surface area contributed by atoms with Gasteiger partial charge >= 0.3 is 12.7 Å². The minimum Gasteiger partial charge on any atom is -0.619 e. The Labute approximate surface area is 134 Å². The van der Waals surface area contributed by atoms with Gasteiger partial charge in [-0.15, -0.1) is 0 Å². The van der Waals surface area contributed by atoms with E-state index in [0.717, 1.165) is 0 Å². The summed E-state index contributed by atoms with van der Waals surface area (Å²) in [5.41, 5.74) is 1.05. The first-order valence-corrected chi connectivity index (χ1v) is 7.48. The highest BCUT2D eigenvalue weighted by Gasteiger charge is 2.53. The molecule has 6 heteroatoms. The van der Waals surface area contributed by atoms with Gasteiger partial charge in [0, 0.05) is 5.56 Å². The highest BCUT2D eigenvalue weighted by atomic mass is 19.1. The smallest absolute Gasteiger partial charge is 0.568 e. The minimum atomic E-state index is -3.12. The zero-order valence-corrected chi connectivity index (χ0v) is 13.1. The lowest BCUT2D eigenvalue weighted by molar-refractivity contribution is -0.438. The SMILES string of the molecule is CN(C)/C=[N+]1/[C@H](c2ccccc2)C(=O)O[B@-]1(F)c1ccccc1. The third-order valence-corrected chi connectivity index (χ3v) is 3.87. The maximum Gasteiger partial charge on any atom is 0.568 e. The van der Waals surface area contributed by atoms with E-state index in [0.29, 0.717) is 11.0 Å². The fraction of sp³-hybridized carbons (Fsp3) is 0.176. The predicted octanol–water partition coefficient (Wildman–Crippen LogP) is 1.70. The van der Waals surface area contributed by atoms with Crippen molar-refractivity contribution < 1.29 is 18.3 Å². The van der Waals surface area contributed by atoms with Crippen LogP contribution in [0.1, 0.15) is 11.6 Å². The molecule has 1 fully saturated rings. The van der Waals surface area contributed by atoms with Crippen molar-refractivity contribution in [2.45, 2.75) is 6.04 Å². The molecule has 118 valence electrons. The topological polar surface area (TPSA) is 32.5 Å². The second-order valence-electron chi connectivity index (χ2n) is 5.84. The van der Waals surface area contributed by atoms with Gasteiger partial charge in [0.25, 0.3) is 0 Å². The highest BCUT2D eigenvalue weighted by molar-refractivity contribution is 6.76. The van der Waals surface area contributed by atoms with Crippen LogP contribution in [0.25, 0.3) is 0 Å². The molecule has 1 aliphatic rings. The molecular formula is C17H18BFN2O2. The standard InChI is InChI=1S/C17H18BFN2O2/c1-20(2)13-21-16(14-9-5-3-6-10-14)17(22)23-18(21,19)15-11-7-4-8-12-15/h3-13,16H,1-2H3/b21-13-/t16-,18+/m1/s1. The van der Waals surface area contributed by atoms with Gasteiger partial charge in [-0.05, 0) is 0 Å². The summed E-state index contributed by atoms with van der Waals surface area (Å²) in [6, 6.07) is 16.8. The molecule has 2 aromatic carbocycles. The molecule has 0 saturated carbocycles. The predicted molar refractivity (Wildman–Crippen MR) is 88.2 cm³/mol. The number of benzene rings is 2. The zero-order valence-electron chi connectivity index (χ0n) is 13.1. The number of hydrogen-bond acceptors (Lipinski definition) is 2. The molecule has 23 heavy (non-hydrogen) atoms. The minimum absolute atomic E-state index is 0.345. The fourth-order valence-corrected chi connectivity index (χ4v) is 2.89. The molecule has 0 amide bonds. The van der Waals surface area contributed by atoms with Crippen molar-refractivity contribution in [2.24, 2.45) is 0 Å². The Morgan fingerprint density at radius 3 is 2.22 bits per heavy atom. The quantitative estimate of drug-likeness (QED) is 0.639. The first-order chi connectivity index (χ1) is 11.0. The van der Waals surface area contributed by atoms with Gasteiger partial charge in [-0.1, -0.05) is 66.1 Å². The molecular weight excluding hydrogens is 294 g/mol. The van der Waals surface area contributed by atoms with Crippen LogP contribution >= 0.6 is 0 Å². The summed E-state index contributed by atoms with van der Waals surface area (Å²) in [6.45, 7) is -3.12. The lowest BCUT2D eigenvalue weighted by Gasteiger charge is -2.27. The van der Waals surface area contributed by atoms with Crippen molar-refractivity contribution in [3.8, 4) is 0 Å². The summed E-state index contributed by atoms with van der Waals surface area (Å²) >= 11 is 0. The summed E-state index contributed by atoms with van der Waals surface area (Å²) in [6.07, 6.45) is 1.58. The number of halogens is 1. The van der Waals surface area contributed by atoms with E-state index in [-0.39, 0.29) is 0 Å². The average molecular weight is 312 g/mol. The van der Waals surface area contributed by atoms with Crippen molar-refractivity contribution in [3.63, 3.8) is 0 Å². The summed E-state index contributed by atoms with van der Waals surface area (Å²) in [5.74, 6) is -0.583. The van der Waals surface area contributed by atoms with E-state index in [4.69, 9.17) is 4.65 Å². The Hall–Kier alpha value is -2.63. The molecule has 1 heterocycles. The van der Waals surface area contributed by atoms with Crippen molar-refractivity contribution in [1.82, 2.24) is 4.90 Å². The molecule has 1 aliphatic heterocycles. The maximum atomic E-state index is 15.7. The summed E-state index contributed by atoms with van der Waals surface area (Å²) in [5, 5.41) is 0. The first-order valence-electron chi connectivity index (χ1n) is 7.48. The van der Waals surface area contributed by atoms with Crippen LogP contribution in [0, 0.1) is 0 Å². The van der Waals surface area contributed by atoms with E-state index in [1.54, 1.807) is 67.8 Å². The lowest BCUT2D eigenvalue weighted by Crippen LogP contribution is -2.54. The van der Waals surface area contributed by atoms with Crippen LogP contribution in [0.3, 0.4) is 0 Å². The molecule has 2 aromatic rings. The Balaban J connectivity index is 2.14.